The van der Waals surface area contributed by atoms with E-state index in [1.54, 1.807) is 36.4 Å². The Hall–Kier alpha value is -1.66. The molecule has 0 fully saturated rings. The highest BCUT2D eigenvalue weighted by Gasteiger charge is 2.19. The molecule has 0 radical (unpaired) electrons. The summed E-state index contributed by atoms with van der Waals surface area (Å²) >= 11 is 3.37. The quantitative estimate of drug-likeness (QED) is 0.712. The average molecular weight is 351 g/mol. The molecule has 0 saturated carbocycles. The van der Waals surface area contributed by atoms with Crippen LogP contribution >= 0.6 is 15.9 Å². The van der Waals surface area contributed by atoms with E-state index in [-0.39, 0.29) is 4.90 Å². The van der Waals surface area contributed by atoms with Gasteiger partial charge in [0.2, 0.25) is 0 Å². The van der Waals surface area contributed by atoms with Crippen LogP contribution in [0.25, 0.3) is 11.0 Å². The molecule has 0 aliphatic carbocycles. The number of hydrogen-bond donors (Lipinski definition) is 0. The predicted octanol–water partition coefficient (Wildman–Crippen LogP) is 3.34. The predicted molar refractivity (Wildman–Crippen MR) is 81.2 cm³/mol. The third-order valence-corrected chi connectivity index (χ3v) is 5.66. The van der Waals surface area contributed by atoms with Crippen molar-refractivity contribution in [1.29, 1.82) is 0 Å². The summed E-state index contributed by atoms with van der Waals surface area (Å²) in [6.45, 7) is 1.86. The first-order chi connectivity index (χ1) is 9.50. The summed E-state index contributed by atoms with van der Waals surface area (Å²) < 4.78 is 27.5. The second-order valence-electron chi connectivity index (χ2n) is 4.45. The molecule has 0 aliphatic rings. The SMILES string of the molecule is Cc1cc(S(=O)(=O)n2cnc3ccccc32)ccc1Br. The van der Waals surface area contributed by atoms with Crippen molar-refractivity contribution in [3.05, 3.63) is 58.8 Å². The van der Waals surface area contributed by atoms with E-state index in [1.165, 1.54) is 10.3 Å². The first kappa shape index (κ1) is 13.3. The lowest BCUT2D eigenvalue weighted by Gasteiger charge is -2.08. The standard InChI is InChI=1S/C14H11BrN2O2S/c1-10-8-11(6-7-12(10)15)20(18,19)17-9-16-13-4-2-3-5-14(13)17/h2-9H,1H3. The Bertz CT molecular complexity index is 900. The van der Waals surface area contributed by atoms with Crippen LogP contribution in [0.1, 0.15) is 5.56 Å². The number of nitrogens with zero attached hydrogens (tertiary/aromatic N) is 2. The number of aryl methyl sites for hydroxylation is 1. The largest absolute Gasteiger partial charge is 0.269 e. The van der Waals surface area contributed by atoms with Gasteiger partial charge in [-0.25, -0.2) is 17.4 Å². The number of para-hydroxylation sites is 2. The second kappa shape index (κ2) is 4.71. The molecule has 6 heteroatoms. The van der Waals surface area contributed by atoms with Gasteiger partial charge >= 0.3 is 0 Å². The maximum absolute atomic E-state index is 12.7. The number of aromatic nitrogens is 2. The van der Waals surface area contributed by atoms with Crippen LogP contribution in [0.3, 0.4) is 0 Å². The van der Waals surface area contributed by atoms with E-state index >= 15 is 0 Å². The minimum atomic E-state index is -3.63. The molecule has 1 heterocycles. The van der Waals surface area contributed by atoms with Gasteiger partial charge in [-0.2, -0.15) is 0 Å². The molecular weight excluding hydrogens is 340 g/mol. The van der Waals surface area contributed by atoms with Crippen molar-refractivity contribution in [1.82, 2.24) is 8.96 Å². The third-order valence-electron chi connectivity index (χ3n) is 3.11. The van der Waals surface area contributed by atoms with Crippen LogP contribution in [-0.2, 0) is 10.0 Å². The minimum Gasteiger partial charge on any atom is -0.236 e. The number of imidazole rings is 1. The molecule has 0 unspecified atom stereocenters. The van der Waals surface area contributed by atoms with Gasteiger partial charge in [0.25, 0.3) is 10.0 Å². The van der Waals surface area contributed by atoms with E-state index < -0.39 is 10.0 Å². The van der Waals surface area contributed by atoms with E-state index in [1.807, 2.05) is 13.0 Å². The number of fused-ring (bicyclic) bond motifs is 1. The zero-order valence-corrected chi connectivity index (χ0v) is 13.0. The molecule has 0 atom stereocenters. The summed E-state index contributed by atoms with van der Waals surface area (Å²) in [5.74, 6) is 0. The van der Waals surface area contributed by atoms with Crippen LogP contribution in [-0.4, -0.2) is 17.4 Å². The third kappa shape index (κ3) is 2.05. The molecule has 3 rings (SSSR count). The second-order valence-corrected chi connectivity index (χ2v) is 7.11. The van der Waals surface area contributed by atoms with Crippen LogP contribution in [0, 0.1) is 6.92 Å². The van der Waals surface area contributed by atoms with Gasteiger partial charge in [0.15, 0.2) is 0 Å². The topological polar surface area (TPSA) is 52.0 Å². The van der Waals surface area contributed by atoms with Crippen molar-refractivity contribution in [2.24, 2.45) is 0 Å². The monoisotopic (exact) mass is 350 g/mol. The lowest BCUT2D eigenvalue weighted by Crippen LogP contribution is -2.12. The molecule has 20 heavy (non-hydrogen) atoms. The van der Waals surface area contributed by atoms with Gasteiger partial charge in [0.05, 0.1) is 15.9 Å². The fraction of sp³-hybridized carbons (Fsp3) is 0.0714. The summed E-state index contributed by atoms with van der Waals surface area (Å²) in [6.07, 6.45) is 1.34. The molecule has 102 valence electrons. The molecule has 0 aliphatic heterocycles. The lowest BCUT2D eigenvalue weighted by atomic mass is 10.2. The Morgan fingerprint density at radius 1 is 1.15 bits per heavy atom. The number of halogens is 1. The molecular formula is C14H11BrN2O2S. The Morgan fingerprint density at radius 2 is 1.90 bits per heavy atom. The van der Waals surface area contributed by atoms with E-state index in [2.05, 4.69) is 20.9 Å². The molecule has 3 aromatic rings. The average Bonchev–Trinajstić information content (AvgIpc) is 2.86. The normalized spacial score (nSPS) is 11.9. The number of rotatable bonds is 2. The van der Waals surface area contributed by atoms with Crippen molar-refractivity contribution in [2.45, 2.75) is 11.8 Å². The highest BCUT2D eigenvalue weighted by molar-refractivity contribution is 9.10. The van der Waals surface area contributed by atoms with Crippen molar-refractivity contribution in [3.63, 3.8) is 0 Å². The summed E-state index contributed by atoms with van der Waals surface area (Å²) in [6, 6.07) is 12.1. The Balaban J connectivity index is 2.23. The number of benzene rings is 2. The first-order valence-corrected chi connectivity index (χ1v) is 8.17. The molecule has 1 aromatic heterocycles. The van der Waals surface area contributed by atoms with Crippen LogP contribution in [0.15, 0.2) is 58.2 Å². The fourth-order valence-electron chi connectivity index (χ4n) is 2.02. The van der Waals surface area contributed by atoms with Crippen LogP contribution < -0.4 is 0 Å². The molecule has 4 nitrogen and oxygen atoms in total. The van der Waals surface area contributed by atoms with Gasteiger partial charge in [-0.15, -0.1) is 0 Å². The highest BCUT2D eigenvalue weighted by Crippen LogP contribution is 2.24. The van der Waals surface area contributed by atoms with Gasteiger partial charge in [-0.3, -0.25) is 0 Å². The van der Waals surface area contributed by atoms with Gasteiger partial charge in [0.1, 0.15) is 6.33 Å². The van der Waals surface area contributed by atoms with Crippen molar-refractivity contribution in [3.8, 4) is 0 Å². The maximum Gasteiger partial charge on any atom is 0.269 e. The summed E-state index contributed by atoms with van der Waals surface area (Å²) in [5, 5.41) is 0. The zero-order valence-electron chi connectivity index (χ0n) is 10.6. The zero-order chi connectivity index (χ0) is 14.3. The van der Waals surface area contributed by atoms with Crippen molar-refractivity contribution < 1.29 is 8.42 Å². The van der Waals surface area contributed by atoms with E-state index in [0.29, 0.717) is 11.0 Å². The van der Waals surface area contributed by atoms with Gasteiger partial charge in [-0.05, 0) is 42.8 Å². The van der Waals surface area contributed by atoms with Gasteiger partial charge < -0.3 is 0 Å². The molecule has 2 aromatic carbocycles. The molecule has 0 N–H and O–H groups in total. The maximum atomic E-state index is 12.7. The summed E-state index contributed by atoms with van der Waals surface area (Å²) in [5.41, 5.74) is 2.11. The first-order valence-electron chi connectivity index (χ1n) is 5.94. The Labute approximate surface area is 125 Å². The van der Waals surface area contributed by atoms with Crippen molar-refractivity contribution >= 4 is 37.0 Å². The van der Waals surface area contributed by atoms with Crippen LogP contribution in [0.5, 0.6) is 0 Å². The molecule has 0 bridgehead atoms. The Morgan fingerprint density at radius 3 is 2.65 bits per heavy atom. The van der Waals surface area contributed by atoms with E-state index in [0.717, 1.165) is 10.0 Å². The fourth-order valence-corrected chi connectivity index (χ4v) is 3.64. The summed E-state index contributed by atoms with van der Waals surface area (Å²) in [7, 11) is -3.63. The smallest absolute Gasteiger partial charge is 0.236 e. The van der Waals surface area contributed by atoms with Crippen LogP contribution in [0.4, 0.5) is 0 Å². The van der Waals surface area contributed by atoms with E-state index in [4.69, 9.17) is 0 Å². The van der Waals surface area contributed by atoms with Gasteiger partial charge in [-0.1, -0.05) is 28.1 Å². The lowest BCUT2D eigenvalue weighted by molar-refractivity contribution is 0.588. The van der Waals surface area contributed by atoms with E-state index in [9.17, 15) is 8.42 Å². The highest BCUT2D eigenvalue weighted by atomic mass is 79.9. The summed E-state index contributed by atoms with van der Waals surface area (Å²) in [4.78, 5) is 4.38. The Kier molecular flexibility index (Phi) is 3.14. The minimum absolute atomic E-state index is 0.251. The number of hydrogen-bond acceptors (Lipinski definition) is 3. The molecule has 0 saturated heterocycles. The molecule has 0 amide bonds. The van der Waals surface area contributed by atoms with Crippen molar-refractivity contribution in [2.75, 3.05) is 0 Å². The molecule has 0 spiro atoms. The van der Waals surface area contributed by atoms with Gasteiger partial charge in [0, 0.05) is 4.47 Å². The van der Waals surface area contributed by atoms with Crippen LogP contribution in [0.2, 0.25) is 0 Å².